The Balaban J connectivity index is 1.85. The van der Waals surface area contributed by atoms with Gasteiger partial charge in [-0.25, -0.2) is 19.3 Å². The van der Waals surface area contributed by atoms with Crippen LogP contribution in [-0.2, 0) is 0 Å². The molecule has 6 nitrogen and oxygen atoms in total. The highest BCUT2D eigenvalue weighted by atomic mass is 16.1. The zero-order valence-corrected chi connectivity index (χ0v) is 9.26. The van der Waals surface area contributed by atoms with Crippen LogP contribution >= 0.6 is 0 Å². The molecule has 1 atom stereocenters. The van der Waals surface area contributed by atoms with Crippen molar-refractivity contribution in [1.29, 1.82) is 0 Å². The zero-order valence-electron chi connectivity index (χ0n) is 9.26. The van der Waals surface area contributed by atoms with Gasteiger partial charge in [-0.3, -0.25) is 0 Å². The lowest BCUT2D eigenvalue weighted by atomic mass is 10.0. The van der Waals surface area contributed by atoms with Crippen molar-refractivity contribution in [3.8, 4) is 0 Å². The zero-order chi connectivity index (χ0) is 11.7. The number of nitrogens with one attached hydrogen (secondary N) is 2. The molecule has 0 spiro atoms. The van der Waals surface area contributed by atoms with E-state index in [-0.39, 0.29) is 5.69 Å². The van der Waals surface area contributed by atoms with E-state index < -0.39 is 0 Å². The average molecular weight is 231 g/mol. The number of aromatic amines is 1. The second kappa shape index (κ2) is 4.04. The summed E-state index contributed by atoms with van der Waals surface area (Å²) >= 11 is 0. The van der Waals surface area contributed by atoms with Gasteiger partial charge in [0.2, 0.25) is 0 Å². The number of allylic oxidation sites excluding steroid dienone is 1. The van der Waals surface area contributed by atoms with E-state index in [9.17, 15) is 4.79 Å². The van der Waals surface area contributed by atoms with Crippen LogP contribution < -0.4 is 11.0 Å². The number of rotatable bonds is 2. The lowest BCUT2D eigenvalue weighted by Crippen LogP contribution is -2.21. The third-order valence-corrected chi connectivity index (χ3v) is 2.93. The number of hydrogen-bond donors (Lipinski definition) is 2. The molecule has 2 heterocycles. The second-order valence-corrected chi connectivity index (χ2v) is 4.16. The highest BCUT2D eigenvalue weighted by Gasteiger charge is 2.10. The van der Waals surface area contributed by atoms with Crippen LogP contribution in [0.4, 0.5) is 5.82 Å². The van der Waals surface area contributed by atoms with E-state index in [1.54, 1.807) is 6.07 Å². The Kier molecular flexibility index (Phi) is 2.40. The van der Waals surface area contributed by atoms with Crippen molar-refractivity contribution in [2.75, 3.05) is 5.32 Å². The normalized spacial score (nSPS) is 19.6. The Morgan fingerprint density at radius 1 is 1.47 bits per heavy atom. The third kappa shape index (κ3) is 1.93. The molecule has 1 aliphatic carbocycles. The molecule has 0 aromatic carbocycles. The van der Waals surface area contributed by atoms with Gasteiger partial charge in [-0.2, -0.15) is 5.10 Å². The van der Waals surface area contributed by atoms with E-state index >= 15 is 0 Å². The summed E-state index contributed by atoms with van der Waals surface area (Å²) in [4.78, 5) is 15.5. The molecule has 3 rings (SSSR count). The van der Waals surface area contributed by atoms with Gasteiger partial charge in [-0.15, -0.1) is 0 Å². The first-order valence-electron chi connectivity index (χ1n) is 5.67. The van der Waals surface area contributed by atoms with Gasteiger partial charge in [0.15, 0.2) is 5.65 Å². The molecule has 1 unspecified atom stereocenters. The maximum absolute atomic E-state index is 11.3. The summed E-state index contributed by atoms with van der Waals surface area (Å²) in [6.07, 6.45) is 9.09. The predicted octanol–water partition coefficient (Wildman–Crippen LogP) is 0.938. The maximum Gasteiger partial charge on any atom is 0.348 e. The van der Waals surface area contributed by atoms with Crippen molar-refractivity contribution in [2.45, 2.75) is 25.3 Å². The van der Waals surface area contributed by atoms with Crippen LogP contribution in [0.5, 0.6) is 0 Å². The molecule has 0 radical (unpaired) electrons. The molecular weight excluding hydrogens is 218 g/mol. The first-order chi connectivity index (χ1) is 8.33. The number of fused-ring (bicyclic) bond motifs is 1. The largest absolute Gasteiger partial charge is 0.367 e. The van der Waals surface area contributed by atoms with E-state index in [0.717, 1.165) is 25.1 Å². The van der Waals surface area contributed by atoms with E-state index in [1.165, 1.54) is 10.7 Å². The fourth-order valence-electron chi connectivity index (χ4n) is 2.02. The van der Waals surface area contributed by atoms with Gasteiger partial charge in [0.05, 0.1) is 0 Å². The average Bonchev–Trinajstić information content (AvgIpc) is 2.72. The topological polar surface area (TPSA) is 75.1 Å². The maximum atomic E-state index is 11.3. The Morgan fingerprint density at radius 3 is 3.24 bits per heavy atom. The Morgan fingerprint density at radius 2 is 2.41 bits per heavy atom. The molecule has 0 amide bonds. The highest BCUT2D eigenvalue weighted by molar-refractivity contribution is 5.48. The third-order valence-electron chi connectivity index (χ3n) is 2.93. The number of nitrogens with zero attached hydrogens (tertiary/aromatic N) is 3. The van der Waals surface area contributed by atoms with Crippen LogP contribution in [-0.4, -0.2) is 25.6 Å². The molecule has 0 bridgehead atoms. The van der Waals surface area contributed by atoms with Crippen molar-refractivity contribution < 1.29 is 0 Å². The van der Waals surface area contributed by atoms with Crippen molar-refractivity contribution in [3.05, 3.63) is 35.0 Å². The lowest BCUT2D eigenvalue weighted by Gasteiger charge is -2.19. The molecular formula is C11H13N5O. The molecule has 17 heavy (non-hydrogen) atoms. The summed E-state index contributed by atoms with van der Waals surface area (Å²) in [7, 11) is 0. The van der Waals surface area contributed by atoms with Gasteiger partial charge in [-0.05, 0) is 19.3 Å². The minimum absolute atomic E-state index is 0.264. The van der Waals surface area contributed by atoms with Gasteiger partial charge in [0.25, 0.3) is 0 Å². The van der Waals surface area contributed by atoms with Crippen LogP contribution in [0.2, 0.25) is 0 Å². The predicted molar refractivity (Wildman–Crippen MR) is 64.0 cm³/mol. The Hall–Kier alpha value is -2.11. The fraction of sp³-hybridized carbons (Fsp3) is 0.364. The van der Waals surface area contributed by atoms with E-state index in [2.05, 4.69) is 32.7 Å². The monoisotopic (exact) mass is 231 g/mol. The number of H-pyrrole nitrogens is 1. The fourth-order valence-corrected chi connectivity index (χ4v) is 2.02. The number of aromatic nitrogens is 4. The highest BCUT2D eigenvalue weighted by Crippen LogP contribution is 2.15. The molecule has 1 aliphatic rings. The summed E-state index contributed by atoms with van der Waals surface area (Å²) in [6, 6.07) is 2.19. The second-order valence-electron chi connectivity index (χ2n) is 4.16. The summed E-state index contributed by atoms with van der Waals surface area (Å²) in [6.45, 7) is 0. The number of anilines is 1. The van der Waals surface area contributed by atoms with Gasteiger partial charge >= 0.3 is 5.69 Å². The SMILES string of the molecule is O=c1[nH]nc2cc(NC3CC=CCC3)ncn12. The van der Waals surface area contributed by atoms with E-state index in [1.807, 2.05) is 0 Å². The molecule has 2 N–H and O–H groups in total. The van der Waals surface area contributed by atoms with Crippen molar-refractivity contribution in [2.24, 2.45) is 0 Å². The van der Waals surface area contributed by atoms with Crippen LogP contribution in [0, 0.1) is 0 Å². The Bertz CT molecular complexity index is 612. The van der Waals surface area contributed by atoms with Crippen LogP contribution in [0.1, 0.15) is 19.3 Å². The summed E-state index contributed by atoms with van der Waals surface area (Å²) in [5.41, 5.74) is 0.318. The van der Waals surface area contributed by atoms with E-state index in [0.29, 0.717) is 11.7 Å². The molecule has 2 aromatic heterocycles. The number of hydrogen-bond acceptors (Lipinski definition) is 4. The first kappa shape index (κ1) is 10.1. The van der Waals surface area contributed by atoms with Gasteiger partial charge in [0.1, 0.15) is 12.1 Å². The standard InChI is InChI=1S/C11H13N5O/c17-11-15-14-10-6-9(12-7-16(10)11)13-8-4-2-1-3-5-8/h1-2,6-8,13H,3-5H2,(H,15,17). The van der Waals surface area contributed by atoms with Crippen LogP contribution in [0.25, 0.3) is 5.65 Å². The minimum Gasteiger partial charge on any atom is -0.367 e. The van der Waals surface area contributed by atoms with Gasteiger partial charge < -0.3 is 5.32 Å². The molecule has 0 aliphatic heterocycles. The van der Waals surface area contributed by atoms with E-state index in [4.69, 9.17) is 0 Å². The lowest BCUT2D eigenvalue weighted by molar-refractivity contribution is 0.642. The molecule has 0 saturated carbocycles. The molecule has 0 saturated heterocycles. The van der Waals surface area contributed by atoms with Gasteiger partial charge in [0, 0.05) is 12.1 Å². The summed E-state index contributed by atoms with van der Waals surface area (Å²) in [5.74, 6) is 0.761. The molecule has 6 heteroatoms. The van der Waals surface area contributed by atoms with Crippen molar-refractivity contribution >= 4 is 11.5 Å². The summed E-state index contributed by atoms with van der Waals surface area (Å²) in [5, 5.41) is 9.64. The van der Waals surface area contributed by atoms with Crippen molar-refractivity contribution in [1.82, 2.24) is 19.6 Å². The quantitative estimate of drug-likeness (QED) is 0.754. The molecule has 2 aromatic rings. The van der Waals surface area contributed by atoms with Crippen LogP contribution in [0.3, 0.4) is 0 Å². The Labute approximate surface area is 97.4 Å². The smallest absolute Gasteiger partial charge is 0.348 e. The first-order valence-corrected chi connectivity index (χ1v) is 5.67. The van der Waals surface area contributed by atoms with Crippen molar-refractivity contribution in [3.63, 3.8) is 0 Å². The summed E-state index contributed by atoms with van der Waals surface area (Å²) < 4.78 is 1.38. The van der Waals surface area contributed by atoms with Gasteiger partial charge in [-0.1, -0.05) is 12.2 Å². The molecule has 88 valence electrons. The molecule has 0 fully saturated rings. The minimum atomic E-state index is -0.264. The van der Waals surface area contributed by atoms with Crippen LogP contribution in [0.15, 0.2) is 29.3 Å².